The third-order valence-corrected chi connectivity index (χ3v) is 4.35. The fourth-order valence-corrected chi connectivity index (χ4v) is 2.84. The molecular formula is C21H23NO8. The Balaban J connectivity index is 1.52. The van der Waals surface area contributed by atoms with E-state index in [0.717, 1.165) is 0 Å². The number of nitrogens with one attached hydrogen (secondary N) is 1. The van der Waals surface area contributed by atoms with Gasteiger partial charge in [-0.15, -0.1) is 0 Å². The van der Waals surface area contributed by atoms with Crippen LogP contribution in [0.5, 0.6) is 28.7 Å². The highest BCUT2D eigenvalue weighted by Crippen LogP contribution is 2.35. The number of methoxy groups -OCH3 is 3. The summed E-state index contributed by atoms with van der Waals surface area (Å²) in [6.45, 7) is 0.0603. The van der Waals surface area contributed by atoms with Gasteiger partial charge < -0.3 is 33.7 Å². The van der Waals surface area contributed by atoms with E-state index in [9.17, 15) is 9.59 Å². The van der Waals surface area contributed by atoms with Crippen LogP contribution in [0, 0.1) is 0 Å². The lowest BCUT2D eigenvalue weighted by Gasteiger charge is -2.26. The molecule has 1 aliphatic heterocycles. The van der Waals surface area contributed by atoms with E-state index in [-0.39, 0.29) is 24.0 Å². The van der Waals surface area contributed by atoms with Crippen LogP contribution >= 0.6 is 0 Å². The molecule has 160 valence electrons. The van der Waals surface area contributed by atoms with E-state index in [1.165, 1.54) is 33.5 Å². The predicted octanol–water partition coefficient (Wildman–Crippen LogP) is 1.83. The summed E-state index contributed by atoms with van der Waals surface area (Å²) in [5.74, 6) is 1.07. The van der Waals surface area contributed by atoms with Crippen molar-refractivity contribution in [2.45, 2.75) is 6.10 Å². The molecule has 3 rings (SSSR count). The quantitative estimate of drug-likeness (QED) is 0.649. The highest BCUT2D eigenvalue weighted by atomic mass is 16.6. The fourth-order valence-electron chi connectivity index (χ4n) is 2.84. The number of carbonyl (C=O) groups is 2. The number of hydrogen-bond acceptors (Lipinski definition) is 8. The van der Waals surface area contributed by atoms with Gasteiger partial charge in [-0.05, 0) is 12.1 Å². The van der Waals surface area contributed by atoms with Crippen LogP contribution in [0.4, 0.5) is 0 Å². The van der Waals surface area contributed by atoms with Gasteiger partial charge in [0, 0.05) is 12.1 Å². The smallest absolute Gasteiger partial charge is 0.342 e. The first-order valence-corrected chi connectivity index (χ1v) is 9.18. The van der Waals surface area contributed by atoms with Gasteiger partial charge in [0.25, 0.3) is 5.91 Å². The molecule has 0 saturated carbocycles. The highest BCUT2D eigenvalue weighted by molar-refractivity contribution is 5.95. The van der Waals surface area contributed by atoms with E-state index in [2.05, 4.69) is 5.32 Å². The summed E-state index contributed by atoms with van der Waals surface area (Å²) in [6.07, 6.45) is -0.342. The molecule has 1 N–H and O–H groups in total. The van der Waals surface area contributed by atoms with Gasteiger partial charge in [0.15, 0.2) is 29.6 Å². The van der Waals surface area contributed by atoms with Crippen molar-refractivity contribution in [2.75, 3.05) is 41.1 Å². The van der Waals surface area contributed by atoms with Crippen LogP contribution in [-0.2, 0) is 9.53 Å². The highest BCUT2D eigenvalue weighted by Gasteiger charge is 2.22. The largest absolute Gasteiger partial charge is 0.496 e. The molecule has 0 radical (unpaired) electrons. The van der Waals surface area contributed by atoms with E-state index in [0.29, 0.717) is 29.6 Å². The molecule has 30 heavy (non-hydrogen) atoms. The monoisotopic (exact) mass is 417 g/mol. The third-order valence-electron chi connectivity index (χ3n) is 4.35. The Bertz CT molecular complexity index is 914. The summed E-state index contributed by atoms with van der Waals surface area (Å²) in [5, 5.41) is 2.66. The molecule has 0 unspecified atom stereocenters. The topological polar surface area (TPSA) is 102 Å². The Morgan fingerprint density at radius 2 is 1.67 bits per heavy atom. The van der Waals surface area contributed by atoms with E-state index in [1.54, 1.807) is 6.07 Å². The van der Waals surface area contributed by atoms with E-state index in [4.69, 9.17) is 28.4 Å². The van der Waals surface area contributed by atoms with Gasteiger partial charge in [-0.25, -0.2) is 4.79 Å². The number of hydrogen-bond donors (Lipinski definition) is 1. The molecule has 0 aliphatic carbocycles. The minimum absolute atomic E-state index is 0.114. The SMILES string of the molecule is COc1cc(OC)c(C(=O)OCC(=O)NC[C@H]2COc3ccccc3O2)cc1OC. The van der Waals surface area contributed by atoms with Gasteiger partial charge in [0.05, 0.1) is 27.9 Å². The fraction of sp³-hybridized carbons (Fsp3) is 0.333. The average Bonchev–Trinajstić information content (AvgIpc) is 2.79. The number of amides is 1. The number of benzene rings is 2. The molecule has 0 saturated heterocycles. The first-order valence-electron chi connectivity index (χ1n) is 9.18. The van der Waals surface area contributed by atoms with Crippen molar-refractivity contribution in [2.24, 2.45) is 0 Å². The Morgan fingerprint density at radius 3 is 2.37 bits per heavy atom. The summed E-state index contributed by atoms with van der Waals surface area (Å²) in [4.78, 5) is 24.5. The molecule has 1 atom stereocenters. The van der Waals surface area contributed by atoms with Crippen molar-refractivity contribution in [3.05, 3.63) is 42.0 Å². The summed E-state index contributed by atoms with van der Waals surface area (Å²) < 4.78 is 32.0. The second-order valence-electron chi connectivity index (χ2n) is 6.29. The van der Waals surface area contributed by atoms with Crippen molar-refractivity contribution < 1.29 is 38.0 Å². The minimum Gasteiger partial charge on any atom is -0.496 e. The summed E-state index contributed by atoms with van der Waals surface area (Å²) in [6, 6.07) is 10.2. The number of esters is 1. The van der Waals surface area contributed by atoms with Crippen LogP contribution in [0.15, 0.2) is 36.4 Å². The van der Waals surface area contributed by atoms with Crippen molar-refractivity contribution in [1.29, 1.82) is 0 Å². The third kappa shape index (κ3) is 4.86. The van der Waals surface area contributed by atoms with Gasteiger partial charge in [0.2, 0.25) is 0 Å². The molecule has 1 amide bonds. The number of ether oxygens (including phenoxy) is 6. The lowest BCUT2D eigenvalue weighted by molar-refractivity contribution is -0.124. The second-order valence-corrected chi connectivity index (χ2v) is 6.29. The first-order chi connectivity index (χ1) is 14.5. The number of para-hydroxylation sites is 2. The molecule has 2 aromatic carbocycles. The maximum atomic E-state index is 12.4. The van der Waals surface area contributed by atoms with Gasteiger partial charge in [-0.1, -0.05) is 12.1 Å². The van der Waals surface area contributed by atoms with Crippen LogP contribution in [0.1, 0.15) is 10.4 Å². The van der Waals surface area contributed by atoms with Crippen LogP contribution in [0.25, 0.3) is 0 Å². The minimum atomic E-state index is -0.728. The Hall–Kier alpha value is -3.62. The Kier molecular flexibility index (Phi) is 6.84. The van der Waals surface area contributed by atoms with Crippen LogP contribution < -0.4 is 29.0 Å². The molecule has 0 fully saturated rings. The second kappa shape index (κ2) is 9.73. The lowest BCUT2D eigenvalue weighted by Crippen LogP contribution is -2.42. The Labute approximate surface area is 173 Å². The maximum absolute atomic E-state index is 12.4. The molecular weight excluding hydrogens is 394 g/mol. The van der Waals surface area contributed by atoms with Gasteiger partial charge in [-0.3, -0.25) is 4.79 Å². The standard InChI is InChI=1S/C21H23NO8/c1-25-17-9-19(27-3)18(26-2)8-14(17)21(24)29-12-20(23)22-10-13-11-28-15-6-4-5-7-16(15)30-13/h4-9,13H,10-12H2,1-3H3,(H,22,23)/t13-/m0/s1. The molecule has 9 heteroatoms. The number of rotatable bonds is 8. The number of fused-ring (bicyclic) bond motifs is 1. The lowest BCUT2D eigenvalue weighted by atomic mass is 10.1. The first kappa shape index (κ1) is 21.1. The van der Waals surface area contributed by atoms with Crippen molar-refractivity contribution in [3.63, 3.8) is 0 Å². The molecule has 2 aromatic rings. The molecule has 0 spiro atoms. The van der Waals surface area contributed by atoms with Crippen molar-refractivity contribution in [1.82, 2.24) is 5.32 Å². The maximum Gasteiger partial charge on any atom is 0.342 e. The number of carbonyl (C=O) groups excluding carboxylic acids is 2. The summed E-state index contributed by atoms with van der Waals surface area (Å²) in [7, 11) is 4.33. The molecule has 9 nitrogen and oxygen atoms in total. The molecule has 0 bridgehead atoms. The van der Waals surface area contributed by atoms with Gasteiger partial charge in [-0.2, -0.15) is 0 Å². The van der Waals surface area contributed by atoms with Gasteiger partial charge >= 0.3 is 5.97 Å². The molecule has 1 heterocycles. The van der Waals surface area contributed by atoms with E-state index in [1.807, 2.05) is 18.2 Å². The zero-order valence-corrected chi connectivity index (χ0v) is 16.9. The van der Waals surface area contributed by atoms with Crippen LogP contribution in [-0.4, -0.2) is 59.1 Å². The summed E-state index contributed by atoms with van der Waals surface area (Å²) in [5.41, 5.74) is 0.114. The predicted molar refractivity (Wildman–Crippen MR) is 106 cm³/mol. The normalized spacial score (nSPS) is 14.4. The van der Waals surface area contributed by atoms with Crippen LogP contribution in [0.3, 0.4) is 0 Å². The zero-order valence-electron chi connectivity index (χ0n) is 16.9. The van der Waals surface area contributed by atoms with Gasteiger partial charge in [0.1, 0.15) is 24.0 Å². The van der Waals surface area contributed by atoms with E-state index < -0.39 is 18.5 Å². The Morgan fingerprint density at radius 1 is 1.00 bits per heavy atom. The summed E-state index contributed by atoms with van der Waals surface area (Å²) >= 11 is 0. The zero-order chi connectivity index (χ0) is 21.5. The average molecular weight is 417 g/mol. The van der Waals surface area contributed by atoms with Crippen molar-refractivity contribution in [3.8, 4) is 28.7 Å². The molecule has 1 aliphatic rings. The van der Waals surface area contributed by atoms with Crippen molar-refractivity contribution >= 4 is 11.9 Å². The van der Waals surface area contributed by atoms with E-state index >= 15 is 0 Å². The van der Waals surface area contributed by atoms with Crippen LogP contribution in [0.2, 0.25) is 0 Å². The molecule has 0 aromatic heterocycles.